The molecule has 19 heavy (non-hydrogen) atoms. The van der Waals surface area contributed by atoms with E-state index < -0.39 is 0 Å². The van der Waals surface area contributed by atoms with Crippen LogP contribution in [0.4, 0.5) is 0 Å². The molecule has 112 valence electrons. The molecule has 2 rings (SSSR count). The van der Waals surface area contributed by atoms with Crippen molar-refractivity contribution >= 4 is 0 Å². The van der Waals surface area contributed by atoms with Crippen molar-refractivity contribution in [3.05, 3.63) is 0 Å². The van der Waals surface area contributed by atoms with Crippen LogP contribution in [0.15, 0.2) is 0 Å². The lowest BCUT2D eigenvalue weighted by Gasteiger charge is -2.51. The van der Waals surface area contributed by atoms with Gasteiger partial charge in [-0.05, 0) is 57.3 Å². The van der Waals surface area contributed by atoms with Gasteiger partial charge in [-0.15, -0.1) is 0 Å². The van der Waals surface area contributed by atoms with Gasteiger partial charge in [0.25, 0.3) is 0 Å². The third kappa shape index (κ3) is 3.52. The van der Waals surface area contributed by atoms with Crippen LogP contribution in [0.3, 0.4) is 0 Å². The third-order valence-electron chi connectivity index (χ3n) is 5.32. The van der Waals surface area contributed by atoms with E-state index in [9.17, 15) is 0 Å². The summed E-state index contributed by atoms with van der Waals surface area (Å²) < 4.78 is 0. The van der Waals surface area contributed by atoms with Gasteiger partial charge in [-0.3, -0.25) is 4.90 Å². The fourth-order valence-corrected chi connectivity index (χ4v) is 4.26. The van der Waals surface area contributed by atoms with E-state index in [4.69, 9.17) is 5.73 Å². The average Bonchev–Trinajstić information content (AvgIpc) is 3.19. The molecule has 0 saturated heterocycles. The van der Waals surface area contributed by atoms with Crippen molar-refractivity contribution in [1.82, 2.24) is 4.90 Å². The molecule has 2 N–H and O–H groups in total. The maximum atomic E-state index is 6.29. The molecule has 0 amide bonds. The zero-order chi connectivity index (χ0) is 14.0. The van der Waals surface area contributed by atoms with Crippen LogP contribution in [0.1, 0.15) is 66.2 Å². The second kappa shape index (κ2) is 6.13. The summed E-state index contributed by atoms with van der Waals surface area (Å²) in [6.07, 6.45) is 8.49. The van der Waals surface area contributed by atoms with Gasteiger partial charge in [0, 0.05) is 24.7 Å². The second-order valence-electron chi connectivity index (χ2n) is 7.76. The van der Waals surface area contributed by atoms with Gasteiger partial charge in [0.2, 0.25) is 0 Å². The van der Waals surface area contributed by atoms with Gasteiger partial charge in [0.05, 0.1) is 0 Å². The minimum Gasteiger partial charge on any atom is -0.329 e. The summed E-state index contributed by atoms with van der Waals surface area (Å²) in [5.74, 6) is 2.73. The number of nitrogens with zero attached hydrogens (tertiary/aromatic N) is 1. The first-order valence-corrected chi connectivity index (χ1v) is 8.45. The summed E-state index contributed by atoms with van der Waals surface area (Å²) in [7, 11) is 0. The van der Waals surface area contributed by atoms with Crippen LogP contribution in [0.5, 0.6) is 0 Å². The van der Waals surface area contributed by atoms with Crippen molar-refractivity contribution in [2.24, 2.45) is 23.5 Å². The summed E-state index contributed by atoms with van der Waals surface area (Å²) in [5, 5.41) is 0. The van der Waals surface area contributed by atoms with Crippen molar-refractivity contribution < 1.29 is 0 Å². The van der Waals surface area contributed by atoms with Gasteiger partial charge in [0.1, 0.15) is 0 Å². The smallest absolute Gasteiger partial charge is 0.0337 e. The molecule has 0 spiro atoms. The van der Waals surface area contributed by atoms with Crippen LogP contribution < -0.4 is 5.73 Å². The summed E-state index contributed by atoms with van der Waals surface area (Å²) in [6, 6.07) is 0.615. The van der Waals surface area contributed by atoms with E-state index in [1.54, 1.807) is 0 Å². The van der Waals surface area contributed by atoms with Gasteiger partial charge in [-0.2, -0.15) is 0 Å². The molecule has 0 aromatic heterocycles. The lowest BCUT2D eigenvalue weighted by molar-refractivity contribution is -0.000114. The zero-order valence-corrected chi connectivity index (χ0v) is 13.5. The van der Waals surface area contributed by atoms with E-state index in [1.807, 2.05) is 0 Å². The highest BCUT2D eigenvalue weighted by Gasteiger charge is 2.45. The average molecular weight is 266 g/mol. The van der Waals surface area contributed by atoms with Crippen LogP contribution >= 0.6 is 0 Å². The number of rotatable bonds is 6. The van der Waals surface area contributed by atoms with Crippen molar-refractivity contribution in [3.63, 3.8) is 0 Å². The molecule has 0 aliphatic heterocycles. The summed E-state index contributed by atoms with van der Waals surface area (Å²) >= 11 is 0. The van der Waals surface area contributed by atoms with Gasteiger partial charge >= 0.3 is 0 Å². The highest BCUT2D eigenvalue weighted by Crippen LogP contribution is 2.48. The Morgan fingerprint density at radius 2 is 1.79 bits per heavy atom. The lowest BCUT2D eigenvalue weighted by Crippen LogP contribution is -2.59. The molecule has 0 bridgehead atoms. The standard InChI is InChI=1S/C17H34N2/c1-13(2)11-19(14(3)4)17(12-18)9-5-6-16(10-17)15-7-8-15/h13-16H,5-12,18H2,1-4H3. The normalized spacial score (nSPS) is 32.5. The Labute approximate surface area is 120 Å². The van der Waals surface area contributed by atoms with E-state index >= 15 is 0 Å². The van der Waals surface area contributed by atoms with E-state index in [1.165, 1.54) is 45.1 Å². The molecule has 2 heteroatoms. The van der Waals surface area contributed by atoms with Crippen LogP contribution in [-0.2, 0) is 0 Å². The lowest BCUT2D eigenvalue weighted by atomic mass is 9.72. The van der Waals surface area contributed by atoms with Gasteiger partial charge in [-0.1, -0.05) is 26.7 Å². The molecule has 2 aliphatic carbocycles. The first-order valence-electron chi connectivity index (χ1n) is 8.45. The summed E-state index contributed by atoms with van der Waals surface area (Å²) in [5.41, 5.74) is 6.59. The predicted octanol–water partition coefficient (Wildman–Crippen LogP) is 3.65. The quantitative estimate of drug-likeness (QED) is 0.795. The van der Waals surface area contributed by atoms with E-state index in [0.717, 1.165) is 24.3 Å². The van der Waals surface area contributed by atoms with E-state index in [2.05, 4.69) is 32.6 Å². The highest BCUT2D eigenvalue weighted by molar-refractivity contribution is 5.00. The Bertz CT molecular complexity index is 283. The van der Waals surface area contributed by atoms with Crippen LogP contribution in [0.25, 0.3) is 0 Å². The van der Waals surface area contributed by atoms with E-state index in [-0.39, 0.29) is 0 Å². The SMILES string of the molecule is CC(C)CN(C(C)C)C1(CN)CCCC(C2CC2)C1. The van der Waals surface area contributed by atoms with Gasteiger partial charge in [-0.25, -0.2) is 0 Å². The fraction of sp³-hybridized carbons (Fsp3) is 1.00. The molecule has 0 radical (unpaired) electrons. The topological polar surface area (TPSA) is 29.3 Å². The molecule has 0 aromatic carbocycles. The van der Waals surface area contributed by atoms with Crippen molar-refractivity contribution in [2.45, 2.75) is 77.8 Å². The van der Waals surface area contributed by atoms with Crippen LogP contribution in [0.2, 0.25) is 0 Å². The third-order valence-corrected chi connectivity index (χ3v) is 5.32. The molecular formula is C17H34N2. The summed E-state index contributed by atoms with van der Waals surface area (Å²) in [6.45, 7) is 11.4. The maximum absolute atomic E-state index is 6.29. The molecule has 2 saturated carbocycles. The highest BCUT2D eigenvalue weighted by atomic mass is 15.2. The minimum absolute atomic E-state index is 0.296. The predicted molar refractivity (Wildman–Crippen MR) is 83.1 cm³/mol. The van der Waals surface area contributed by atoms with Crippen molar-refractivity contribution in [2.75, 3.05) is 13.1 Å². The largest absolute Gasteiger partial charge is 0.329 e. The van der Waals surface area contributed by atoms with Crippen LogP contribution in [-0.4, -0.2) is 29.6 Å². The Morgan fingerprint density at radius 1 is 1.11 bits per heavy atom. The minimum atomic E-state index is 0.296. The molecule has 2 fully saturated rings. The zero-order valence-electron chi connectivity index (χ0n) is 13.5. The Morgan fingerprint density at radius 3 is 2.26 bits per heavy atom. The van der Waals surface area contributed by atoms with Crippen molar-refractivity contribution in [1.29, 1.82) is 0 Å². The number of nitrogens with two attached hydrogens (primary N) is 1. The molecule has 0 aromatic rings. The first kappa shape index (κ1) is 15.3. The Balaban J connectivity index is 2.12. The van der Waals surface area contributed by atoms with Gasteiger partial charge < -0.3 is 5.73 Å². The monoisotopic (exact) mass is 266 g/mol. The second-order valence-corrected chi connectivity index (χ2v) is 7.76. The molecule has 2 aliphatic rings. The molecule has 0 heterocycles. The molecule has 2 nitrogen and oxygen atoms in total. The van der Waals surface area contributed by atoms with Crippen molar-refractivity contribution in [3.8, 4) is 0 Å². The first-order chi connectivity index (χ1) is 8.98. The van der Waals surface area contributed by atoms with E-state index in [0.29, 0.717) is 11.6 Å². The fourth-order valence-electron chi connectivity index (χ4n) is 4.26. The number of hydrogen-bond acceptors (Lipinski definition) is 2. The Kier molecular flexibility index (Phi) is 4.94. The number of hydrogen-bond donors (Lipinski definition) is 1. The Hall–Kier alpha value is -0.0800. The molecule has 2 unspecified atom stereocenters. The maximum Gasteiger partial charge on any atom is 0.0337 e. The molecular weight excluding hydrogens is 232 g/mol. The van der Waals surface area contributed by atoms with Gasteiger partial charge in [0.15, 0.2) is 0 Å². The van der Waals surface area contributed by atoms with Crippen LogP contribution in [0, 0.1) is 17.8 Å². The summed E-state index contributed by atoms with van der Waals surface area (Å²) in [4.78, 5) is 2.74. The molecule has 2 atom stereocenters.